The van der Waals surface area contributed by atoms with Gasteiger partial charge in [-0.15, -0.1) is 0 Å². The van der Waals surface area contributed by atoms with E-state index >= 15 is 0 Å². The third kappa shape index (κ3) is 5.42. The monoisotopic (exact) mass is 347 g/mol. The van der Waals surface area contributed by atoms with Crippen molar-refractivity contribution in [1.29, 1.82) is 0 Å². The Balaban J connectivity index is 1.39. The van der Waals surface area contributed by atoms with E-state index < -0.39 is 0 Å². The Morgan fingerprint density at radius 3 is 2.88 bits per heavy atom. The number of nitrogens with zero attached hydrogens (tertiary/aromatic N) is 1. The first-order chi connectivity index (χ1) is 12.2. The van der Waals surface area contributed by atoms with Crippen LogP contribution in [0.1, 0.15) is 18.4 Å². The van der Waals surface area contributed by atoms with Crippen molar-refractivity contribution >= 4 is 5.91 Å². The van der Waals surface area contributed by atoms with E-state index in [2.05, 4.69) is 22.6 Å². The lowest BCUT2D eigenvalue weighted by Gasteiger charge is -2.31. The fourth-order valence-electron chi connectivity index (χ4n) is 3.17. The summed E-state index contributed by atoms with van der Waals surface area (Å²) in [5.41, 5.74) is 1.07. The van der Waals surface area contributed by atoms with E-state index in [4.69, 9.17) is 9.47 Å². The van der Waals surface area contributed by atoms with E-state index in [1.807, 2.05) is 24.3 Å². The summed E-state index contributed by atoms with van der Waals surface area (Å²) in [5, 5.41) is 6.10. The highest BCUT2D eigenvalue weighted by Gasteiger charge is 2.24. The molecule has 0 atom stereocenters. The number of hydrogen-bond donors (Lipinski definition) is 2. The maximum atomic E-state index is 11.9. The van der Waals surface area contributed by atoms with Gasteiger partial charge < -0.3 is 20.1 Å². The molecule has 0 saturated carbocycles. The zero-order valence-corrected chi connectivity index (χ0v) is 15.0. The van der Waals surface area contributed by atoms with Crippen LogP contribution in [0.15, 0.2) is 24.3 Å². The average Bonchev–Trinajstić information content (AvgIpc) is 2.59. The molecule has 0 spiro atoms. The van der Waals surface area contributed by atoms with Crippen LogP contribution in [-0.2, 0) is 16.1 Å². The normalized spacial score (nSPS) is 18.8. The lowest BCUT2D eigenvalue weighted by Crippen LogP contribution is -2.50. The van der Waals surface area contributed by atoms with Gasteiger partial charge in [0.15, 0.2) is 0 Å². The molecule has 1 amide bonds. The van der Waals surface area contributed by atoms with Gasteiger partial charge >= 0.3 is 0 Å². The summed E-state index contributed by atoms with van der Waals surface area (Å²) in [7, 11) is 2.15. The van der Waals surface area contributed by atoms with Crippen molar-refractivity contribution in [1.82, 2.24) is 15.5 Å². The van der Waals surface area contributed by atoms with Crippen molar-refractivity contribution in [3.63, 3.8) is 0 Å². The van der Waals surface area contributed by atoms with Crippen LogP contribution in [-0.4, -0.2) is 63.4 Å². The summed E-state index contributed by atoms with van der Waals surface area (Å²) in [6.45, 7) is 5.42. The fraction of sp³-hybridized carbons (Fsp3) is 0.632. The average molecular weight is 347 g/mol. The molecule has 2 aliphatic rings. The second-order valence-corrected chi connectivity index (χ2v) is 6.89. The minimum Gasteiger partial charge on any atom is -0.492 e. The molecule has 2 aliphatic heterocycles. The van der Waals surface area contributed by atoms with E-state index in [9.17, 15) is 4.79 Å². The Hall–Kier alpha value is -1.63. The Bertz CT molecular complexity index is 557. The SMILES string of the molecule is CN(CCOc1cccc(CNC(=O)C2CNC2)c1)C1CCOCC1. The summed E-state index contributed by atoms with van der Waals surface area (Å²) in [5.74, 6) is 1.11. The maximum Gasteiger partial charge on any atom is 0.225 e. The predicted molar refractivity (Wildman–Crippen MR) is 96.6 cm³/mol. The largest absolute Gasteiger partial charge is 0.492 e. The van der Waals surface area contributed by atoms with Crippen LogP contribution >= 0.6 is 0 Å². The minimum absolute atomic E-state index is 0.125. The van der Waals surface area contributed by atoms with Crippen LogP contribution in [0, 0.1) is 5.92 Å². The maximum absolute atomic E-state index is 11.9. The molecule has 138 valence electrons. The van der Waals surface area contributed by atoms with Gasteiger partial charge in [0.05, 0.1) is 5.92 Å². The third-order valence-electron chi connectivity index (χ3n) is 5.04. The van der Waals surface area contributed by atoms with E-state index in [1.165, 1.54) is 0 Å². The first-order valence-electron chi connectivity index (χ1n) is 9.20. The summed E-state index contributed by atoms with van der Waals surface area (Å²) < 4.78 is 11.3. The molecule has 6 nitrogen and oxygen atoms in total. The van der Waals surface area contributed by atoms with Crippen LogP contribution in [0.4, 0.5) is 0 Å². The van der Waals surface area contributed by atoms with E-state index in [1.54, 1.807) is 0 Å². The number of likely N-dealkylation sites (N-methyl/N-ethyl adjacent to an activating group) is 1. The summed E-state index contributed by atoms with van der Waals surface area (Å²) in [6, 6.07) is 8.56. The first kappa shape index (κ1) is 18.2. The number of ether oxygens (including phenoxy) is 2. The Labute approximate surface area is 149 Å². The molecular weight excluding hydrogens is 318 g/mol. The third-order valence-corrected chi connectivity index (χ3v) is 5.04. The molecule has 0 aromatic heterocycles. The van der Waals surface area contributed by atoms with Gasteiger partial charge in [-0.2, -0.15) is 0 Å². The second-order valence-electron chi connectivity index (χ2n) is 6.89. The smallest absolute Gasteiger partial charge is 0.225 e. The number of carbonyl (C=O) groups excluding carboxylic acids is 1. The highest BCUT2D eigenvalue weighted by atomic mass is 16.5. The van der Waals surface area contributed by atoms with Gasteiger partial charge in [-0.3, -0.25) is 9.69 Å². The van der Waals surface area contributed by atoms with Crippen LogP contribution in [0.3, 0.4) is 0 Å². The summed E-state index contributed by atoms with van der Waals surface area (Å²) in [6.07, 6.45) is 2.20. The van der Waals surface area contributed by atoms with Crippen LogP contribution < -0.4 is 15.4 Å². The van der Waals surface area contributed by atoms with Crippen molar-refractivity contribution < 1.29 is 14.3 Å². The topological polar surface area (TPSA) is 62.8 Å². The van der Waals surface area contributed by atoms with Gasteiger partial charge in [0.25, 0.3) is 0 Å². The molecule has 1 aromatic carbocycles. The van der Waals surface area contributed by atoms with E-state index in [0.29, 0.717) is 19.2 Å². The van der Waals surface area contributed by atoms with Crippen LogP contribution in [0.25, 0.3) is 0 Å². The number of nitrogens with one attached hydrogen (secondary N) is 2. The standard InChI is InChI=1S/C19H29N3O3/c1-22(17-5-8-24-9-6-17)7-10-25-18-4-2-3-15(11-18)12-21-19(23)16-13-20-14-16/h2-4,11,16-17,20H,5-10,12-14H2,1H3,(H,21,23). The molecule has 6 heteroatoms. The van der Waals surface area contributed by atoms with Crippen LogP contribution in [0.5, 0.6) is 5.75 Å². The van der Waals surface area contributed by atoms with E-state index in [-0.39, 0.29) is 11.8 Å². The molecule has 2 N–H and O–H groups in total. The number of amides is 1. The molecule has 2 saturated heterocycles. The molecule has 0 bridgehead atoms. The van der Waals surface area contributed by atoms with Gasteiger partial charge in [-0.05, 0) is 37.6 Å². The zero-order valence-electron chi connectivity index (χ0n) is 15.0. The number of benzene rings is 1. The highest BCUT2D eigenvalue weighted by Crippen LogP contribution is 2.15. The van der Waals surface area contributed by atoms with Crippen molar-refractivity contribution in [2.75, 3.05) is 46.5 Å². The van der Waals surface area contributed by atoms with Crippen LogP contribution in [0.2, 0.25) is 0 Å². The number of rotatable bonds is 8. The Kier molecular flexibility index (Phi) is 6.67. The predicted octanol–water partition coefficient (Wildman–Crippen LogP) is 1.01. The molecule has 1 aromatic rings. The molecule has 25 heavy (non-hydrogen) atoms. The molecular formula is C19H29N3O3. The molecule has 2 heterocycles. The van der Waals surface area contributed by atoms with Gasteiger partial charge in [0.1, 0.15) is 12.4 Å². The quantitative estimate of drug-likeness (QED) is 0.735. The van der Waals surface area contributed by atoms with Crippen molar-refractivity contribution in [3.8, 4) is 5.75 Å². The number of hydrogen-bond acceptors (Lipinski definition) is 5. The van der Waals surface area contributed by atoms with Crippen molar-refractivity contribution in [2.45, 2.75) is 25.4 Å². The zero-order chi connectivity index (χ0) is 17.5. The summed E-state index contributed by atoms with van der Waals surface area (Å²) in [4.78, 5) is 14.2. The van der Waals surface area contributed by atoms with Gasteiger partial charge in [0, 0.05) is 45.4 Å². The first-order valence-corrected chi connectivity index (χ1v) is 9.20. The molecule has 0 unspecified atom stereocenters. The lowest BCUT2D eigenvalue weighted by molar-refractivity contribution is -0.126. The van der Waals surface area contributed by atoms with E-state index in [0.717, 1.165) is 57.0 Å². The fourth-order valence-corrected chi connectivity index (χ4v) is 3.17. The van der Waals surface area contributed by atoms with Gasteiger partial charge in [0.2, 0.25) is 5.91 Å². The Morgan fingerprint density at radius 2 is 2.16 bits per heavy atom. The second kappa shape index (κ2) is 9.17. The lowest BCUT2D eigenvalue weighted by atomic mass is 10.0. The number of carbonyl (C=O) groups is 1. The molecule has 0 aliphatic carbocycles. The van der Waals surface area contributed by atoms with Crippen molar-refractivity contribution in [3.05, 3.63) is 29.8 Å². The Morgan fingerprint density at radius 1 is 1.36 bits per heavy atom. The summed E-state index contributed by atoms with van der Waals surface area (Å²) >= 11 is 0. The molecule has 3 rings (SSSR count). The molecule has 2 fully saturated rings. The minimum atomic E-state index is 0.125. The molecule has 0 radical (unpaired) electrons. The van der Waals surface area contributed by atoms with Crippen molar-refractivity contribution in [2.24, 2.45) is 5.92 Å². The van der Waals surface area contributed by atoms with Gasteiger partial charge in [-0.1, -0.05) is 12.1 Å². The highest BCUT2D eigenvalue weighted by molar-refractivity contribution is 5.79. The van der Waals surface area contributed by atoms with Gasteiger partial charge in [-0.25, -0.2) is 0 Å².